The molecule has 2 aromatic carbocycles. The van der Waals surface area contributed by atoms with Crippen molar-refractivity contribution in [1.29, 1.82) is 5.26 Å². The topological polar surface area (TPSA) is 137 Å². The van der Waals surface area contributed by atoms with E-state index in [1.165, 1.54) is 40.0 Å². The molecule has 1 aromatic heterocycles. The fourth-order valence-electron chi connectivity index (χ4n) is 4.57. The highest BCUT2D eigenvalue weighted by molar-refractivity contribution is 5.98. The lowest BCUT2D eigenvalue weighted by Crippen LogP contribution is -2.51. The molecule has 1 fully saturated rings. The summed E-state index contributed by atoms with van der Waals surface area (Å²) in [5, 5.41) is 27.3. The number of likely N-dealkylation sites (tertiary alicyclic amines) is 1. The highest BCUT2D eigenvalue weighted by atomic mass is 19.1. The summed E-state index contributed by atoms with van der Waals surface area (Å²) in [6.07, 6.45) is 1.84. The van der Waals surface area contributed by atoms with Crippen LogP contribution in [-0.4, -0.2) is 44.4 Å². The van der Waals surface area contributed by atoms with Crippen LogP contribution in [0.15, 0.2) is 60.8 Å². The second-order valence-corrected chi connectivity index (χ2v) is 8.45. The highest BCUT2D eigenvalue weighted by Gasteiger charge is 2.42. The molecule has 1 aliphatic rings. The van der Waals surface area contributed by atoms with Crippen LogP contribution in [0.4, 0.5) is 20.7 Å². The fourth-order valence-corrected chi connectivity index (χ4v) is 4.57. The summed E-state index contributed by atoms with van der Waals surface area (Å²) in [5.74, 6) is -1.62. The number of nitrogens with zero attached hydrogens (tertiary/aromatic N) is 4. The van der Waals surface area contributed by atoms with Crippen LogP contribution in [-0.2, 0) is 6.42 Å². The lowest BCUT2D eigenvalue weighted by atomic mass is 9.83. The van der Waals surface area contributed by atoms with E-state index < -0.39 is 35.8 Å². The van der Waals surface area contributed by atoms with E-state index in [4.69, 9.17) is 5.73 Å². The number of carbonyl (C=O) groups excluding carboxylic acids is 1. The first-order valence-corrected chi connectivity index (χ1v) is 11.2. The van der Waals surface area contributed by atoms with Crippen molar-refractivity contribution < 1.29 is 19.1 Å². The number of nitriles is 1. The smallest absolute Gasteiger partial charge is 0.407 e. The van der Waals surface area contributed by atoms with Gasteiger partial charge in [-0.15, -0.1) is 0 Å². The summed E-state index contributed by atoms with van der Waals surface area (Å²) in [6.45, 7) is 0.226. The van der Waals surface area contributed by atoms with E-state index in [0.717, 1.165) is 5.56 Å². The molecule has 180 valence electrons. The van der Waals surface area contributed by atoms with Gasteiger partial charge in [-0.05, 0) is 49.1 Å². The van der Waals surface area contributed by atoms with Crippen molar-refractivity contribution in [2.75, 3.05) is 11.9 Å². The van der Waals surface area contributed by atoms with Crippen LogP contribution >= 0.6 is 0 Å². The van der Waals surface area contributed by atoms with Crippen molar-refractivity contribution in [3.05, 3.63) is 77.7 Å². The number of nitrogens with two attached hydrogens (primary N) is 1. The SMILES string of the molecule is N#CC1C(CCc2ccccc2)N(C(=O)O)CCC1n1cc(C(N)=O)c(Nc2ccc(F)cc2)n1. The Balaban J connectivity index is 1.62. The van der Waals surface area contributed by atoms with Gasteiger partial charge in [-0.1, -0.05) is 30.3 Å². The van der Waals surface area contributed by atoms with Crippen molar-refractivity contribution in [3.63, 3.8) is 0 Å². The number of anilines is 2. The summed E-state index contributed by atoms with van der Waals surface area (Å²) in [6, 6.07) is 16.5. The molecule has 35 heavy (non-hydrogen) atoms. The molecule has 0 spiro atoms. The van der Waals surface area contributed by atoms with Gasteiger partial charge in [-0.3, -0.25) is 9.48 Å². The second-order valence-electron chi connectivity index (χ2n) is 8.45. The number of aryl methyl sites for hydroxylation is 1. The van der Waals surface area contributed by atoms with E-state index in [2.05, 4.69) is 16.5 Å². The maximum absolute atomic E-state index is 13.3. The van der Waals surface area contributed by atoms with Crippen molar-refractivity contribution in [2.45, 2.75) is 31.3 Å². The van der Waals surface area contributed by atoms with Gasteiger partial charge in [0.2, 0.25) is 0 Å². The molecule has 0 radical (unpaired) electrons. The van der Waals surface area contributed by atoms with Gasteiger partial charge in [0.1, 0.15) is 11.4 Å². The Morgan fingerprint density at radius 1 is 1.20 bits per heavy atom. The number of hydrogen-bond acceptors (Lipinski definition) is 5. The van der Waals surface area contributed by atoms with E-state index in [1.54, 1.807) is 0 Å². The molecular formula is C25H25FN6O3. The number of benzene rings is 2. The quantitative estimate of drug-likeness (QED) is 0.472. The van der Waals surface area contributed by atoms with Gasteiger partial charge in [0.25, 0.3) is 5.91 Å². The number of carboxylic acid groups (broad SMARTS) is 1. The molecule has 1 aliphatic heterocycles. The first-order chi connectivity index (χ1) is 16.9. The zero-order valence-electron chi connectivity index (χ0n) is 18.8. The van der Waals surface area contributed by atoms with E-state index in [1.807, 2.05) is 30.3 Å². The Morgan fingerprint density at radius 2 is 1.91 bits per heavy atom. The molecule has 2 heterocycles. The third-order valence-corrected chi connectivity index (χ3v) is 6.31. The van der Waals surface area contributed by atoms with Gasteiger partial charge in [-0.25, -0.2) is 9.18 Å². The summed E-state index contributed by atoms with van der Waals surface area (Å²) < 4.78 is 14.8. The number of rotatable bonds is 7. The number of carbonyl (C=O) groups is 2. The molecule has 1 saturated heterocycles. The number of aromatic nitrogens is 2. The summed E-state index contributed by atoms with van der Waals surface area (Å²) in [4.78, 5) is 25.4. The van der Waals surface area contributed by atoms with Crippen LogP contribution in [0, 0.1) is 23.1 Å². The largest absolute Gasteiger partial charge is 0.465 e. The molecule has 0 aliphatic carbocycles. The Kier molecular flexibility index (Phi) is 6.96. The lowest BCUT2D eigenvalue weighted by Gasteiger charge is -2.41. The number of amides is 2. The van der Waals surface area contributed by atoms with Crippen LogP contribution in [0.5, 0.6) is 0 Å². The molecule has 0 saturated carbocycles. The van der Waals surface area contributed by atoms with Crippen LogP contribution in [0.25, 0.3) is 0 Å². The molecule has 9 nitrogen and oxygen atoms in total. The van der Waals surface area contributed by atoms with Gasteiger partial charge < -0.3 is 21.1 Å². The molecule has 3 unspecified atom stereocenters. The zero-order valence-corrected chi connectivity index (χ0v) is 18.8. The van der Waals surface area contributed by atoms with Crippen LogP contribution < -0.4 is 11.1 Å². The summed E-state index contributed by atoms with van der Waals surface area (Å²) in [5.41, 5.74) is 7.24. The van der Waals surface area contributed by atoms with Crippen molar-refractivity contribution >= 4 is 23.5 Å². The molecule has 4 rings (SSSR count). The van der Waals surface area contributed by atoms with Gasteiger partial charge in [0, 0.05) is 18.4 Å². The third-order valence-electron chi connectivity index (χ3n) is 6.31. The predicted molar refractivity (Wildman–Crippen MR) is 126 cm³/mol. The minimum atomic E-state index is -1.07. The molecule has 3 aromatic rings. The van der Waals surface area contributed by atoms with Gasteiger partial charge in [0.15, 0.2) is 5.82 Å². The van der Waals surface area contributed by atoms with Gasteiger partial charge in [-0.2, -0.15) is 10.4 Å². The highest BCUT2D eigenvalue weighted by Crippen LogP contribution is 2.36. The zero-order chi connectivity index (χ0) is 24.9. The number of hydrogen-bond donors (Lipinski definition) is 3. The molecule has 2 amide bonds. The van der Waals surface area contributed by atoms with Crippen LogP contribution in [0.2, 0.25) is 0 Å². The van der Waals surface area contributed by atoms with Crippen LogP contribution in [0.3, 0.4) is 0 Å². The van der Waals surface area contributed by atoms with E-state index >= 15 is 0 Å². The number of piperidine rings is 1. The van der Waals surface area contributed by atoms with E-state index in [9.17, 15) is 24.3 Å². The average molecular weight is 477 g/mol. The maximum Gasteiger partial charge on any atom is 0.407 e. The normalized spacial score (nSPS) is 19.7. The average Bonchev–Trinajstić information content (AvgIpc) is 3.28. The summed E-state index contributed by atoms with van der Waals surface area (Å²) >= 11 is 0. The molecule has 0 bridgehead atoms. The number of nitrogens with one attached hydrogen (secondary N) is 1. The van der Waals surface area contributed by atoms with E-state index in [0.29, 0.717) is 24.9 Å². The van der Waals surface area contributed by atoms with Crippen molar-refractivity contribution in [1.82, 2.24) is 14.7 Å². The molecule has 3 atom stereocenters. The first-order valence-electron chi connectivity index (χ1n) is 11.2. The number of halogens is 1. The molecular weight excluding hydrogens is 451 g/mol. The second kappa shape index (κ2) is 10.3. The standard InChI is InChI=1S/C25H25FN6O3/c26-17-7-9-18(10-8-17)29-24-20(23(28)33)15-32(30-24)22-12-13-31(25(34)35)21(19(22)14-27)11-6-16-4-2-1-3-5-16/h1-5,7-10,15,19,21-22H,6,11-13H2,(H2,28,33)(H,29,30)(H,34,35). The van der Waals surface area contributed by atoms with Crippen molar-refractivity contribution in [3.8, 4) is 6.07 Å². The minimum Gasteiger partial charge on any atom is -0.465 e. The first kappa shape index (κ1) is 23.8. The van der Waals surface area contributed by atoms with E-state index in [-0.39, 0.29) is 17.9 Å². The minimum absolute atomic E-state index is 0.118. The van der Waals surface area contributed by atoms with Gasteiger partial charge >= 0.3 is 6.09 Å². The fraction of sp³-hybridized carbons (Fsp3) is 0.280. The Bertz CT molecular complexity index is 1240. The molecule has 10 heteroatoms. The molecule has 4 N–H and O–H groups in total. The Labute approximate surface area is 201 Å². The summed E-state index contributed by atoms with van der Waals surface area (Å²) in [7, 11) is 0. The van der Waals surface area contributed by atoms with Crippen molar-refractivity contribution in [2.24, 2.45) is 11.7 Å². The number of primary amides is 1. The maximum atomic E-state index is 13.3. The monoisotopic (exact) mass is 476 g/mol. The Hall–Kier alpha value is -4.39. The third kappa shape index (κ3) is 5.24. The van der Waals surface area contributed by atoms with Crippen LogP contribution in [0.1, 0.15) is 34.8 Å². The lowest BCUT2D eigenvalue weighted by molar-refractivity contribution is 0.0633. The predicted octanol–water partition coefficient (Wildman–Crippen LogP) is 3.93. The Morgan fingerprint density at radius 3 is 2.54 bits per heavy atom. The van der Waals surface area contributed by atoms with Gasteiger partial charge in [0.05, 0.1) is 24.1 Å².